The van der Waals surface area contributed by atoms with Gasteiger partial charge in [-0.05, 0) is 54.3 Å². The van der Waals surface area contributed by atoms with Crippen LogP contribution in [0.1, 0.15) is 19.4 Å². The molecule has 0 aromatic heterocycles. The Hall–Kier alpha value is -2.32. The van der Waals surface area contributed by atoms with E-state index < -0.39 is 0 Å². The second kappa shape index (κ2) is 7.98. The molecule has 0 amide bonds. The van der Waals surface area contributed by atoms with Crippen LogP contribution in [0.4, 0.5) is 5.69 Å². The molecule has 3 heteroatoms. The van der Waals surface area contributed by atoms with Crippen molar-refractivity contribution >= 4 is 28.6 Å². The summed E-state index contributed by atoms with van der Waals surface area (Å²) in [5, 5.41) is 3.92. The van der Waals surface area contributed by atoms with Crippen LogP contribution >= 0.6 is 11.6 Å². The Morgan fingerprint density at radius 3 is 2.33 bits per heavy atom. The van der Waals surface area contributed by atoms with Gasteiger partial charge in [0.2, 0.25) is 0 Å². The predicted octanol–water partition coefficient (Wildman–Crippen LogP) is 6.10. The molecule has 24 heavy (non-hydrogen) atoms. The Bertz CT molecular complexity index is 799. The second-order valence-electron chi connectivity index (χ2n) is 5.73. The lowest BCUT2D eigenvalue weighted by atomic mass is 9.98. The van der Waals surface area contributed by atoms with Crippen molar-refractivity contribution in [3.8, 4) is 11.1 Å². The van der Waals surface area contributed by atoms with Gasteiger partial charge in [0.1, 0.15) is 0 Å². The van der Waals surface area contributed by atoms with E-state index in [2.05, 4.69) is 54.2 Å². The van der Waals surface area contributed by atoms with E-state index in [0.717, 1.165) is 38.7 Å². The van der Waals surface area contributed by atoms with Crippen LogP contribution in [0, 0.1) is 0 Å². The van der Waals surface area contributed by atoms with Crippen molar-refractivity contribution in [3.05, 3.63) is 71.3 Å². The Kier molecular flexibility index (Phi) is 5.99. The molecule has 124 valence electrons. The van der Waals surface area contributed by atoms with Crippen LogP contribution in [-0.2, 0) is 0 Å². The Balaban J connectivity index is 2.35. The molecule has 0 heterocycles. The third-order valence-corrected chi connectivity index (χ3v) is 4.17. The monoisotopic (exact) mass is 338 g/mol. The van der Waals surface area contributed by atoms with Gasteiger partial charge in [0.25, 0.3) is 0 Å². The van der Waals surface area contributed by atoms with Gasteiger partial charge in [0.15, 0.2) is 0 Å². The fourth-order valence-electron chi connectivity index (χ4n) is 2.55. The zero-order valence-corrected chi connectivity index (χ0v) is 15.4. The molecule has 0 aliphatic heterocycles. The molecule has 0 bridgehead atoms. The van der Waals surface area contributed by atoms with Crippen LogP contribution < -0.4 is 5.32 Å². The van der Waals surface area contributed by atoms with Crippen molar-refractivity contribution in [3.63, 3.8) is 0 Å². The highest BCUT2D eigenvalue weighted by Gasteiger charge is 2.06. The SMILES string of the molecule is C=C(C)C(/C=C(\C)c1ccc(-c2ccc(Cl)cc2NC)cc1)=NC. The van der Waals surface area contributed by atoms with Gasteiger partial charge < -0.3 is 5.32 Å². The van der Waals surface area contributed by atoms with Crippen LogP contribution in [0.5, 0.6) is 0 Å². The lowest BCUT2D eigenvalue weighted by Gasteiger charge is -2.11. The standard InChI is InChI=1S/C21H23ClN2/c1-14(2)20(23-4)12-15(3)16-6-8-17(9-7-16)19-11-10-18(22)13-21(19)24-5/h6-13,24H,1H2,2-5H3/b15-12+,23-20?. The number of nitrogens with zero attached hydrogens (tertiary/aromatic N) is 1. The summed E-state index contributed by atoms with van der Waals surface area (Å²) in [4.78, 5) is 4.27. The quantitative estimate of drug-likeness (QED) is 0.654. The van der Waals surface area contributed by atoms with Crippen molar-refractivity contribution in [2.45, 2.75) is 13.8 Å². The van der Waals surface area contributed by atoms with Crippen LogP contribution in [0.25, 0.3) is 16.7 Å². The molecule has 0 spiro atoms. The highest BCUT2D eigenvalue weighted by atomic mass is 35.5. The van der Waals surface area contributed by atoms with E-state index in [9.17, 15) is 0 Å². The zero-order valence-electron chi connectivity index (χ0n) is 14.7. The summed E-state index contributed by atoms with van der Waals surface area (Å²) in [5.41, 5.74) is 7.52. The summed E-state index contributed by atoms with van der Waals surface area (Å²) in [6, 6.07) is 14.4. The Morgan fingerprint density at radius 1 is 1.12 bits per heavy atom. The highest BCUT2D eigenvalue weighted by Crippen LogP contribution is 2.31. The van der Waals surface area contributed by atoms with E-state index in [-0.39, 0.29) is 0 Å². The summed E-state index contributed by atoms with van der Waals surface area (Å²) in [5.74, 6) is 0. The summed E-state index contributed by atoms with van der Waals surface area (Å²) >= 11 is 6.07. The van der Waals surface area contributed by atoms with Gasteiger partial charge in [-0.15, -0.1) is 0 Å². The van der Waals surface area contributed by atoms with Gasteiger partial charge in [-0.3, -0.25) is 4.99 Å². The van der Waals surface area contributed by atoms with Crippen LogP contribution in [-0.4, -0.2) is 19.8 Å². The molecular weight excluding hydrogens is 316 g/mol. The minimum Gasteiger partial charge on any atom is -0.388 e. The fraction of sp³-hybridized carbons (Fsp3) is 0.190. The smallest absolute Gasteiger partial charge is 0.0596 e. The van der Waals surface area contributed by atoms with E-state index in [1.54, 1.807) is 7.05 Å². The number of rotatable bonds is 5. The largest absolute Gasteiger partial charge is 0.388 e. The number of aliphatic imine (C=N–C) groups is 1. The molecule has 0 saturated carbocycles. The third kappa shape index (κ3) is 4.15. The number of hydrogen-bond acceptors (Lipinski definition) is 2. The molecule has 2 aromatic carbocycles. The van der Waals surface area contributed by atoms with Crippen molar-refractivity contribution in [2.24, 2.45) is 4.99 Å². The van der Waals surface area contributed by atoms with Crippen molar-refractivity contribution in [1.29, 1.82) is 0 Å². The Labute approximate surface area is 149 Å². The van der Waals surface area contributed by atoms with Crippen molar-refractivity contribution < 1.29 is 0 Å². The molecule has 1 N–H and O–H groups in total. The Morgan fingerprint density at radius 2 is 1.79 bits per heavy atom. The molecule has 0 aliphatic rings. The molecule has 0 unspecified atom stereocenters. The zero-order chi connectivity index (χ0) is 17.7. The number of halogens is 1. The molecule has 0 aliphatic carbocycles. The maximum atomic E-state index is 6.07. The normalized spacial score (nSPS) is 12.2. The first-order valence-electron chi connectivity index (χ1n) is 7.85. The molecule has 2 aromatic rings. The maximum absolute atomic E-state index is 6.07. The van der Waals surface area contributed by atoms with E-state index in [0.29, 0.717) is 0 Å². The number of nitrogens with one attached hydrogen (secondary N) is 1. The predicted molar refractivity (Wildman–Crippen MR) is 108 cm³/mol. The highest BCUT2D eigenvalue weighted by molar-refractivity contribution is 6.31. The van der Waals surface area contributed by atoms with E-state index in [4.69, 9.17) is 11.6 Å². The van der Waals surface area contributed by atoms with Crippen molar-refractivity contribution in [1.82, 2.24) is 0 Å². The second-order valence-corrected chi connectivity index (χ2v) is 6.17. The summed E-state index contributed by atoms with van der Waals surface area (Å²) in [6.45, 7) is 8.01. The average Bonchev–Trinajstić information content (AvgIpc) is 2.59. The van der Waals surface area contributed by atoms with Gasteiger partial charge >= 0.3 is 0 Å². The van der Waals surface area contributed by atoms with Gasteiger partial charge in [0.05, 0.1) is 5.71 Å². The topological polar surface area (TPSA) is 24.4 Å². The molecule has 2 rings (SSSR count). The first-order chi connectivity index (χ1) is 11.5. The maximum Gasteiger partial charge on any atom is 0.0596 e. The number of anilines is 1. The van der Waals surface area contributed by atoms with Gasteiger partial charge in [-0.1, -0.05) is 48.5 Å². The lowest BCUT2D eigenvalue weighted by molar-refractivity contribution is 1.42. The lowest BCUT2D eigenvalue weighted by Crippen LogP contribution is -1.95. The van der Waals surface area contributed by atoms with E-state index >= 15 is 0 Å². The molecule has 0 fully saturated rings. The minimum atomic E-state index is 0.727. The molecule has 2 nitrogen and oxygen atoms in total. The fourth-order valence-corrected chi connectivity index (χ4v) is 2.73. The van der Waals surface area contributed by atoms with Gasteiger partial charge in [-0.25, -0.2) is 0 Å². The minimum absolute atomic E-state index is 0.727. The van der Waals surface area contributed by atoms with E-state index in [1.807, 2.05) is 32.2 Å². The molecule has 0 saturated heterocycles. The van der Waals surface area contributed by atoms with Crippen LogP contribution in [0.15, 0.2) is 65.7 Å². The summed E-state index contributed by atoms with van der Waals surface area (Å²) in [6.07, 6.45) is 2.07. The number of benzene rings is 2. The first kappa shape index (κ1) is 18.0. The van der Waals surface area contributed by atoms with Crippen LogP contribution in [0.3, 0.4) is 0 Å². The summed E-state index contributed by atoms with van der Waals surface area (Å²) in [7, 11) is 3.69. The van der Waals surface area contributed by atoms with Gasteiger partial charge in [0, 0.05) is 30.4 Å². The summed E-state index contributed by atoms with van der Waals surface area (Å²) < 4.78 is 0. The average molecular weight is 339 g/mol. The molecule has 0 atom stereocenters. The molecule has 0 radical (unpaired) electrons. The van der Waals surface area contributed by atoms with Crippen molar-refractivity contribution in [2.75, 3.05) is 19.4 Å². The van der Waals surface area contributed by atoms with Crippen LogP contribution in [0.2, 0.25) is 5.02 Å². The molecular formula is C21H23ClN2. The number of allylic oxidation sites excluding steroid dienone is 3. The van der Waals surface area contributed by atoms with Gasteiger partial charge in [-0.2, -0.15) is 0 Å². The number of hydrogen-bond donors (Lipinski definition) is 1. The van der Waals surface area contributed by atoms with E-state index in [1.165, 1.54) is 5.56 Å². The third-order valence-electron chi connectivity index (χ3n) is 3.93. The first-order valence-corrected chi connectivity index (χ1v) is 8.23.